The molecule has 2 heterocycles. The minimum atomic E-state index is -4.42. The van der Waals surface area contributed by atoms with E-state index in [0.717, 1.165) is 30.9 Å². The molecule has 0 spiro atoms. The number of halogens is 3. The van der Waals surface area contributed by atoms with Crippen molar-refractivity contribution < 1.29 is 18.0 Å². The van der Waals surface area contributed by atoms with E-state index in [0.29, 0.717) is 16.9 Å². The van der Waals surface area contributed by atoms with Crippen molar-refractivity contribution in [1.29, 1.82) is 0 Å². The normalized spacial score (nSPS) is 14.4. The van der Waals surface area contributed by atoms with E-state index >= 15 is 0 Å². The number of amides is 1. The summed E-state index contributed by atoms with van der Waals surface area (Å²) in [6.07, 6.45) is 0.973. The van der Waals surface area contributed by atoms with Crippen molar-refractivity contribution in [3.8, 4) is 5.69 Å². The summed E-state index contributed by atoms with van der Waals surface area (Å²) < 4.78 is 40.5. The number of hydrogen-bond donors (Lipinski definition) is 1. The summed E-state index contributed by atoms with van der Waals surface area (Å²) in [6, 6.07) is 15.8. The van der Waals surface area contributed by atoms with Crippen LogP contribution in [0, 0.1) is 0 Å². The van der Waals surface area contributed by atoms with Crippen LogP contribution in [0.2, 0.25) is 0 Å². The first-order valence-corrected chi connectivity index (χ1v) is 9.95. The second-order valence-corrected chi connectivity index (χ2v) is 7.29. The molecule has 0 unspecified atom stereocenters. The van der Waals surface area contributed by atoms with Gasteiger partial charge in [0.25, 0.3) is 5.91 Å². The summed E-state index contributed by atoms with van der Waals surface area (Å²) in [5.41, 5.74) is 4.19. The molecule has 0 saturated carbocycles. The number of aromatic nitrogens is 1. The Morgan fingerprint density at radius 1 is 0.968 bits per heavy atom. The molecule has 31 heavy (non-hydrogen) atoms. The number of hydrogen-bond acceptors (Lipinski definition) is 3. The van der Waals surface area contributed by atoms with Crippen molar-refractivity contribution in [2.45, 2.75) is 19.0 Å². The van der Waals surface area contributed by atoms with Crippen molar-refractivity contribution in [1.82, 2.24) is 9.99 Å². The molecule has 3 aromatic rings. The molecule has 2 aromatic carbocycles. The Morgan fingerprint density at radius 3 is 2.42 bits per heavy atom. The maximum absolute atomic E-state index is 13.0. The number of nitrogens with zero attached hydrogens (tertiary/aromatic N) is 3. The predicted octanol–water partition coefficient (Wildman–Crippen LogP) is 4.86. The monoisotopic (exact) mass is 426 g/mol. The number of carbonyl (C=O) groups excluding carboxylic acids is 1. The third kappa shape index (κ3) is 4.79. The van der Waals surface area contributed by atoms with Gasteiger partial charge in [-0.15, -0.1) is 0 Å². The first-order chi connectivity index (χ1) is 14.9. The quantitative estimate of drug-likeness (QED) is 0.468. The highest BCUT2D eigenvalue weighted by molar-refractivity contribution is 5.95. The van der Waals surface area contributed by atoms with Crippen LogP contribution < -0.4 is 10.3 Å². The fraction of sp³-hybridized carbons (Fsp3) is 0.217. The molecule has 1 amide bonds. The lowest BCUT2D eigenvalue weighted by Crippen LogP contribution is -2.19. The molecule has 5 nitrogen and oxygen atoms in total. The second-order valence-electron chi connectivity index (χ2n) is 7.29. The smallest absolute Gasteiger partial charge is 0.372 e. The number of carbonyl (C=O) groups is 1. The molecule has 8 heteroatoms. The van der Waals surface area contributed by atoms with Gasteiger partial charge in [-0.05, 0) is 67.4 Å². The van der Waals surface area contributed by atoms with Crippen molar-refractivity contribution in [3.05, 3.63) is 83.7 Å². The summed E-state index contributed by atoms with van der Waals surface area (Å²) in [4.78, 5) is 14.6. The van der Waals surface area contributed by atoms with Gasteiger partial charge in [-0.1, -0.05) is 6.07 Å². The van der Waals surface area contributed by atoms with Crippen LogP contribution >= 0.6 is 0 Å². The first kappa shape index (κ1) is 20.7. The van der Waals surface area contributed by atoms with E-state index in [1.54, 1.807) is 41.1 Å². The average Bonchev–Trinajstić information content (AvgIpc) is 3.46. The van der Waals surface area contributed by atoms with Crippen molar-refractivity contribution in [2.24, 2.45) is 5.10 Å². The molecule has 0 radical (unpaired) electrons. The molecule has 1 fully saturated rings. The number of benzene rings is 2. The SMILES string of the molecule is O=C(N/N=C\c1cccn1-c1cccc(C(F)(F)F)c1)c1ccc(N2CCCC2)cc1. The highest BCUT2D eigenvalue weighted by Crippen LogP contribution is 2.30. The molecular weight excluding hydrogens is 405 g/mol. The standard InChI is InChI=1S/C23H21F3N4O/c24-23(25,26)18-5-3-6-20(15-18)30-14-4-7-21(30)16-27-28-22(31)17-8-10-19(11-9-17)29-12-1-2-13-29/h3-11,14-16H,1-2,12-13H2,(H,28,31)/b27-16-. The minimum absolute atomic E-state index is 0.352. The molecule has 0 atom stereocenters. The first-order valence-electron chi connectivity index (χ1n) is 9.95. The van der Waals surface area contributed by atoms with Gasteiger partial charge in [0.2, 0.25) is 0 Å². The molecule has 1 N–H and O–H groups in total. The van der Waals surface area contributed by atoms with Gasteiger partial charge >= 0.3 is 6.18 Å². The van der Waals surface area contributed by atoms with Crippen LogP contribution in [0.3, 0.4) is 0 Å². The summed E-state index contributed by atoms with van der Waals surface area (Å²) >= 11 is 0. The van der Waals surface area contributed by atoms with Gasteiger partial charge in [-0.3, -0.25) is 4.79 Å². The third-order valence-corrected chi connectivity index (χ3v) is 5.20. The van der Waals surface area contributed by atoms with Crippen LogP contribution in [-0.2, 0) is 6.18 Å². The largest absolute Gasteiger partial charge is 0.416 e. The lowest BCUT2D eigenvalue weighted by molar-refractivity contribution is -0.137. The molecule has 160 valence electrons. The van der Waals surface area contributed by atoms with Gasteiger partial charge < -0.3 is 9.47 Å². The molecule has 1 aliphatic rings. The molecule has 1 aromatic heterocycles. The zero-order valence-electron chi connectivity index (χ0n) is 16.6. The van der Waals surface area contributed by atoms with E-state index in [4.69, 9.17) is 0 Å². The fourth-order valence-electron chi connectivity index (χ4n) is 3.59. The summed E-state index contributed by atoms with van der Waals surface area (Å²) in [5, 5.41) is 3.97. The highest BCUT2D eigenvalue weighted by Gasteiger charge is 2.30. The Bertz CT molecular complexity index is 1080. The van der Waals surface area contributed by atoms with Gasteiger partial charge in [0.05, 0.1) is 17.5 Å². The van der Waals surface area contributed by atoms with E-state index in [1.165, 1.54) is 25.1 Å². The van der Waals surface area contributed by atoms with Crippen molar-refractivity contribution >= 4 is 17.8 Å². The average molecular weight is 426 g/mol. The summed E-state index contributed by atoms with van der Waals surface area (Å²) in [6.45, 7) is 2.06. The van der Waals surface area contributed by atoms with E-state index < -0.39 is 11.7 Å². The number of alkyl halides is 3. The van der Waals surface area contributed by atoms with Crippen LogP contribution in [0.5, 0.6) is 0 Å². The number of anilines is 1. The van der Waals surface area contributed by atoms with Crippen LogP contribution in [0.4, 0.5) is 18.9 Å². The molecular formula is C23H21F3N4O. The van der Waals surface area contributed by atoms with Gasteiger partial charge in [0.1, 0.15) is 0 Å². The maximum Gasteiger partial charge on any atom is 0.416 e. The molecule has 0 bridgehead atoms. The van der Waals surface area contributed by atoms with Gasteiger partial charge in [0.15, 0.2) is 0 Å². The lowest BCUT2D eigenvalue weighted by atomic mass is 10.2. The van der Waals surface area contributed by atoms with E-state index in [2.05, 4.69) is 15.4 Å². The Hall–Kier alpha value is -3.55. The van der Waals surface area contributed by atoms with Gasteiger partial charge in [-0.2, -0.15) is 18.3 Å². The van der Waals surface area contributed by atoms with E-state index in [9.17, 15) is 18.0 Å². The number of nitrogens with one attached hydrogen (secondary N) is 1. The van der Waals surface area contributed by atoms with Crippen LogP contribution in [0.25, 0.3) is 5.69 Å². The van der Waals surface area contributed by atoms with E-state index in [1.807, 2.05) is 12.1 Å². The minimum Gasteiger partial charge on any atom is -0.372 e. The lowest BCUT2D eigenvalue weighted by Gasteiger charge is -2.17. The van der Waals surface area contributed by atoms with Crippen LogP contribution in [0.15, 0.2) is 72.0 Å². The van der Waals surface area contributed by atoms with Crippen molar-refractivity contribution in [2.75, 3.05) is 18.0 Å². The number of rotatable bonds is 5. The van der Waals surface area contributed by atoms with Crippen molar-refractivity contribution in [3.63, 3.8) is 0 Å². The second kappa shape index (κ2) is 8.67. The fourth-order valence-corrected chi connectivity index (χ4v) is 3.59. The predicted molar refractivity (Wildman–Crippen MR) is 114 cm³/mol. The number of hydrazone groups is 1. The molecule has 4 rings (SSSR count). The summed E-state index contributed by atoms with van der Waals surface area (Å²) in [5.74, 6) is -0.360. The molecule has 1 saturated heterocycles. The zero-order chi connectivity index (χ0) is 21.8. The highest BCUT2D eigenvalue weighted by atomic mass is 19.4. The van der Waals surface area contributed by atoms with Gasteiger partial charge in [-0.25, -0.2) is 5.43 Å². The Labute approximate surface area is 177 Å². The molecule has 1 aliphatic heterocycles. The maximum atomic E-state index is 13.0. The van der Waals surface area contributed by atoms with Crippen LogP contribution in [-0.4, -0.2) is 29.8 Å². The molecule has 0 aliphatic carbocycles. The zero-order valence-corrected chi connectivity index (χ0v) is 16.6. The van der Waals surface area contributed by atoms with Crippen LogP contribution in [0.1, 0.15) is 34.5 Å². The topological polar surface area (TPSA) is 49.6 Å². The summed E-state index contributed by atoms with van der Waals surface area (Å²) in [7, 11) is 0. The Morgan fingerprint density at radius 2 is 1.71 bits per heavy atom. The Balaban J connectivity index is 1.43. The third-order valence-electron chi connectivity index (χ3n) is 5.20. The van der Waals surface area contributed by atoms with Gasteiger partial charge in [0, 0.05) is 36.2 Å². The van der Waals surface area contributed by atoms with E-state index in [-0.39, 0.29) is 5.91 Å². The Kier molecular flexibility index (Phi) is 5.79.